The Balaban J connectivity index is 1.52. The van der Waals surface area contributed by atoms with Gasteiger partial charge in [-0.1, -0.05) is 29.3 Å². The summed E-state index contributed by atoms with van der Waals surface area (Å²) < 4.78 is 0. The number of halogens is 2. The van der Waals surface area contributed by atoms with Gasteiger partial charge < -0.3 is 15.1 Å². The Hall–Kier alpha value is -1.46. The number of rotatable bonds is 3. The van der Waals surface area contributed by atoms with Crippen LogP contribution in [0, 0.1) is 0 Å². The van der Waals surface area contributed by atoms with E-state index in [9.17, 15) is 9.59 Å². The minimum Gasteiger partial charge on any atom is -0.340 e. The second-order valence-electron chi connectivity index (χ2n) is 7.10. The lowest BCUT2D eigenvalue weighted by molar-refractivity contribution is -0.136. The van der Waals surface area contributed by atoms with E-state index in [1.165, 1.54) is 0 Å². The Morgan fingerprint density at radius 2 is 1.92 bits per heavy atom. The molecule has 0 saturated carbocycles. The van der Waals surface area contributed by atoms with Crippen LogP contribution in [0.2, 0.25) is 10.0 Å². The van der Waals surface area contributed by atoms with Crippen LogP contribution >= 0.6 is 23.2 Å². The van der Waals surface area contributed by atoms with Gasteiger partial charge in [0.2, 0.25) is 5.91 Å². The molecule has 0 aliphatic carbocycles. The van der Waals surface area contributed by atoms with Crippen LogP contribution in [0.15, 0.2) is 18.2 Å². The minimum atomic E-state index is -0.200. The van der Waals surface area contributed by atoms with E-state index in [4.69, 9.17) is 23.2 Å². The molecule has 2 fully saturated rings. The summed E-state index contributed by atoms with van der Waals surface area (Å²) in [6.07, 6.45) is 4.44. The molecular weight excluding hydrogens is 373 g/mol. The second kappa shape index (κ2) is 8.49. The summed E-state index contributed by atoms with van der Waals surface area (Å²) in [4.78, 5) is 28.5. The standard InChI is InChI=1S/C19H25Cl2N3O2/c1-13(16-6-5-14(20)12-17(16)21)22-19(26)23-10-7-15(8-11-23)24-9-3-2-4-18(24)25/h5-6,12-13,15H,2-4,7-11H2,1H3,(H,22,26)/t13-/m0/s1. The zero-order valence-corrected chi connectivity index (χ0v) is 16.5. The predicted molar refractivity (Wildman–Crippen MR) is 104 cm³/mol. The molecule has 0 bridgehead atoms. The van der Waals surface area contributed by atoms with Crippen molar-refractivity contribution >= 4 is 35.1 Å². The number of benzene rings is 1. The third kappa shape index (κ3) is 4.44. The van der Waals surface area contributed by atoms with Gasteiger partial charge in [-0.2, -0.15) is 0 Å². The summed E-state index contributed by atoms with van der Waals surface area (Å²) >= 11 is 12.2. The minimum absolute atomic E-state index is 0.0908. The van der Waals surface area contributed by atoms with Crippen LogP contribution in [0.4, 0.5) is 4.79 Å². The van der Waals surface area contributed by atoms with Gasteiger partial charge >= 0.3 is 6.03 Å². The lowest BCUT2D eigenvalue weighted by atomic mass is 9.99. The summed E-state index contributed by atoms with van der Waals surface area (Å²) in [6, 6.07) is 5.27. The highest BCUT2D eigenvalue weighted by Gasteiger charge is 2.31. The molecule has 0 spiro atoms. The van der Waals surface area contributed by atoms with Crippen LogP contribution in [0.3, 0.4) is 0 Å². The van der Waals surface area contributed by atoms with Gasteiger partial charge in [0.15, 0.2) is 0 Å². The molecule has 0 aromatic heterocycles. The van der Waals surface area contributed by atoms with E-state index in [1.54, 1.807) is 12.1 Å². The average Bonchev–Trinajstić information content (AvgIpc) is 2.62. The maximum Gasteiger partial charge on any atom is 0.317 e. The summed E-state index contributed by atoms with van der Waals surface area (Å²) in [7, 11) is 0. The maximum atomic E-state index is 12.6. The molecule has 2 aliphatic heterocycles. The molecule has 2 saturated heterocycles. The molecule has 2 aliphatic rings. The molecule has 26 heavy (non-hydrogen) atoms. The van der Waals surface area contributed by atoms with Crippen LogP contribution in [0.25, 0.3) is 0 Å². The van der Waals surface area contributed by atoms with E-state index < -0.39 is 0 Å². The Bertz CT molecular complexity index is 675. The van der Waals surface area contributed by atoms with E-state index in [0.29, 0.717) is 29.6 Å². The van der Waals surface area contributed by atoms with Crippen molar-refractivity contribution in [2.75, 3.05) is 19.6 Å². The van der Waals surface area contributed by atoms with Gasteiger partial charge in [-0.05, 0) is 50.3 Å². The number of amides is 3. The quantitative estimate of drug-likeness (QED) is 0.828. The number of likely N-dealkylation sites (tertiary alicyclic amines) is 2. The van der Waals surface area contributed by atoms with Crippen LogP contribution in [0.5, 0.6) is 0 Å². The van der Waals surface area contributed by atoms with Gasteiger partial charge in [-0.15, -0.1) is 0 Å². The van der Waals surface area contributed by atoms with Gasteiger partial charge in [0.25, 0.3) is 0 Å². The fraction of sp³-hybridized carbons (Fsp3) is 0.579. The highest BCUT2D eigenvalue weighted by Crippen LogP contribution is 2.27. The second-order valence-corrected chi connectivity index (χ2v) is 7.94. The van der Waals surface area contributed by atoms with Gasteiger partial charge in [0.1, 0.15) is 0 Å². The van der Waals surface area contributed by atoms with E-state index in [2.05, 4.69) is 5.32 Å². The van der Waals surface area contributed by atoms with Crippen LogP contribution in [0.1, 0.15) is 50.6 Å². The Labute approximate surface area is 164 Å². The Morgan fingerprint density at radius 3 is 2.58 bits per heavy atom. The predicted octanol–water partition coefficient (Wildman–Crippen LogP) is 4.24. The number of hydrogen-bond acceptors (Lipinski definition) is 2. The third-order valence-corrected chi connectivity index (χ3v) is 5.88. The molecule has 142 valence electrons. The van der Waals surface area contributed by atoms with Crippen molar-refractivity contribution in [1.82, 2.24) is 15.1 Å². The van der Waals surface area contributed by atoms with Gasteiger partial charge in [0.05, 0.1) is 6.04 Å². The first kappa shape index (κ1) is 19.3. The maximum absolute atomic E-state index is 12.6. The lowest BCUT2D eigenvalue weighted by Crippen LogP contribution is -2.52. The van der Waals surface area contributed by atoms with Crippen molar-refractivity contribution in [2.24, 2.45) is 0 Å². The molecule has 1 N–H and O–H groups in total. The van der Waals surface area contributed by atoms with E-state index in [0.717, 1.165) is 37.8 Å². The zero-order chi connectivity index (χ0) is 18.7. The van der Waals surface area contributed by atoms with Crippen molar-refractivity contribution in [3.8, 4) is 0 Å². The van der Waals surface area contributed by atoms with Crippen molar-refractivity contribution in [3.63, 3.8) is 0 Å². The molecule has 1 aromatic carbocycles. The van der Waals surface area contributed by atoms with Crippen molar-refractivity contribution in [1.29, 1.82) is 0 Å². The van der Waals surface area contributed by atoms with Crippen molar-refractivity contribution in [2.45, 2.75) is 51.1 Å². The fourth-order valence-electron chi connectivity index (χ4n) is 3.80. The first-order valence-electron chi connectivity index (χ1n) is 9.25. The van der Waals surface area contributed by atoms with E-state index >= 15 is 0 Å². The molecule has 3 rings (SSSR count). The van der Waals surface area contributed by atoms with Crippen molar-refractivity contribution in [3.05, 3.63) is 33.8 Å². The fourth-order valence-corrected chi connectivity index (χ4v) is 4.37. The molecule has 0 unspecified atom stereocenters. The van der Waals surface area contributed by atoms with E-state index in [1.807, 2.05) is 22.8 Å². The zero-order valence-electron chi connectivity index (χ0n) is 15.0. The monoisotopic (exact) mass is 397 g/mol. The SMILES string of the molecule is C[C@H](NC(=O)N1CCC(N2CCCCC2=O)CC1)c1ccc(Cl)cc1Cl. The van der Waals surface area contributed by atoms with Gasteiger partial charge in [-0.3, -0.25) is 4.79 Å². The Morgan fingerprint density at radius 1 is 1.19 bits per heavy atom. The molecule has 7 heteroatoms. The Kier molecular flexibility index (Phi) is 6.30. The highest BCUT2D eigenvalue weighted by atomic mass is 35.5. The third-order valence-electron chi connectivity index (χ3n) is 5.32. The average molecular weight is 398 g/mol. The number of carbonyl (C=O) groups excluding carboxylic acids is 2. The van der Waals surface area contributed by atoms with Crippen LogP contribution in [-0.2, 0) is 4.79 Å². The topological polar surface area (TPSA) is 52.7 Å². The van der Waals surface area contributed by atoms with Crippen LogP contribution in [-0.4, -0.2) is 47.4 Å². The van der Waals surface area contributed by atoms with Gasteiger partial charge in [0, 0.05) is 42.1 Å². The smallest absolute Gasteiger partial charge is 0.317 e. The summed E-state index contributed by atoms with van der Waals surface area (Å²) in [6.45, 7) is 4.11. The van der Waals surface area contributed by atoms with Crippen LogP contribution < -0.4 is 5.32 Å². The molecule has 5 nitrogen and oxygen atoms in total. The summed E-state index contributed by atoms with van der Waals surface area (Å²) in [5.41, 5.74) is 0.846. The number of piperidine rings is 2. The molecule has 2 heterocycles. The van der Waals surface area contributed by atoms with E-state index in [-0.39, 0.29) is 24.0 Å². The number of nitrogens with one attached hydrogen (secondary N) is 1. The number of nitrogens with zero attached hydrogens (tertiary/aromatic N) is 2. The number of urea groups is 1. The number of hydrogen-bond donors (Lipinski definition) is 1. The summed E-state index contributed by atoms with van der Waals surface area (Å²) in [5.74, 6) is 0.269. The molecule has 1 aromatic rings. The molecule has 3 amide bonds. The molecule has 1 atom stereocenters. The lowest BCUT2D eigenvalue weighted by Gasteiger charge is -2.40. The molecule has 0 radical (unpaired) electrons. The highest BCUT2D eigenvalue weighted by molar-refractivity contribution is 6.35. The summed E-state index contributed by atoms with van der Waals surface area (Å²) in [5, 5.41) is 4.13. The first-order valence-corrected chi connectivity index (χ1v) is 10.0. The van der Waals surface area contributed by atoms with Crippen molar-refractivity contribution < 1.29 is 9.59 Å². The molecular formula is C19H25Cl2N3O2. The largest absolute Gasteiger partial charge is 0.340 e. The number of carbonyl (C=O) groups is 2. The van der Waals surface area contributed by atoms with Gasteiger partial charge in [-0.25, -0.2) is 4.79 Å². The normalized spacial score (nSPS) is 20.2. The first-order chi connectivity index (χ1) is 12.5.